The van der Waals surface area contributed by atoms with E-state index in [1.807, 2.05) is 36.6 Å². The second kappa shape index (κ2) is 6.14. The highest BCUT2D eigenvalue weighted by atomic mass is 32.1. The first-order valence-electron chi connectivity index (χ1n) is 7.72. The SMILES string of the molecule is Cc1cc(NC(=O)c2csc3ccccc23)n(-c2ccc(F)cc2)n1. The summed E-state index contributed by atoms with van der Waals surface area (Å²) in [4.78, 5) is 12.7. The molecule has 0 fully saturated rings. The van der Waals surface area contributed by atoms with Crippen LogP contribution >= 0.6 is 11.3 Å². The molecule has 0 aliphatic carbocycles. The summed E-state index contributed by atoms with van der Waals surface area (Å²) in [6.07, 6.45) is 0. The molecule has 0 radical (unpaired) electrons. The molecule has 4 nitrogen and oxygen atoms in total. The maximum absolute atomic E-state index is 13.2. The van der Waals surface area contributed by atoms with Crippen molar-refractivity contribution in [3.8, 4) is 5.69 Å². The number of anilines is 1. The molecular formula is C19H14FN3OS. The predicted molar refractivity (Wildman–Crippen MR) is 98.0 cm³/mol. The minimum absolute atomic E-state index is 0.194. The highest BCUT2D eigenvalue weighted by Crippen LogP contribution is 2.27. The first-order valence-corrected chi connectivity index (χ1v) is 8.60. The number of carbonyl (C=O) groups is 1. The van der Waals surface area contributed by atoms with Crippen LogP contribution in [0.1, 0.15) is 16.1 Å². The molecule has 0 saturated carbocycles. The van der Waals surface area contributed by atoms with E-state index in [-0.39, 0.29) is 11.7 Å². The first kappa shape index (κ1) is 15.5. The number of benzene rings is 2. The number of aromatic nitrogens is 2. The largest absolute Gasteiger partial charge is 0.306 e. The van der Waals surface area contributed by atoms with Gasteiger partial charge in [-0.1, -0.05) is 18.2 Å². The van der Waals surface area contributed by atoms with Gasteiger partial charge in [0, 0.05) is 21.5 Å². The fourth-order valence-corrected chi connectivity index (χ4v) is 3.65. The van der Waals surface area contributed by atoms with Crippen LogP contribution < -0.4 is 5.32 Å². The van der Waals surface area contributed by atoms with Gasteiger partial charge in [-0.05, 0) is 37.3 Å². The maximum Gasteiger partial charge on any atom is 0.258 e. The Labute approximate surface area is 147 Å². The topological polar surface area (TPSA) is 46.9 Å². The Hall–Kier alpha value is -2.99. The van der Waals surface area contributed by atoms with Crippen LogP contribution in [0.15, 0.2) is 60.0 Å². The number of carbonyl (C=O) groups excluding carboxylic acids is 1. The van der Waals surface area contributed by atoms with Crippen LogP contribution in [0.4, 0.5) is 10.2 Å². The zero-order chi connectivity index (χ0) is 17.4. The van der Waals surface area contributed by atoms with Crippen LogP contribution in [-0.2, 0) is 0 Å². The number of aryl methyl sites for hydroxylation is 1. The third kappa shape index (κ3) is 2.92. The summed E-state index contributed by atoms with van der Waals surface area (Å²) in [5, 5.41) is 10.1. The van der Waals surface area contributed by atoms with Crippen LogP contribution in [-0.4, -0.2) is 15.7 Å². The minimum Gasteiger partial charge on any atom is -0.306 e. The Bertz CT molecular complexity index is 1070. The van der Waals surface area contributed by atoms with E-state index in [1.165, 1.54) is 23.5 Å². The summed E-state index contributed by atoms with van der Waals surface area (Å²) in [6, 6.07) is 15.6. The molecule has 124 valence electrons. The zero-order valence-corrected chi connectivity index (χ0v) is 14.2. The van der Waals surface area contributed by atoms with E-state index in [0.717, 1.165) is 15.8 Å². The molecule has 1 amide bonds. The minimum atomic E-state index is -0.317. The second-order valence-electron chi connectivity index (χ2n) is 5.66. The number of nitrogens with zero attached hydrogens (tertiary/aromatic N) is 2. The van der Waals surface area contributed by atoms with Crippen LogP contribution in [0.2, 0.25) is 0 Å². The van der Waals surface area contributed by atoms with Crippen LogP contribution in [0, 0.1) is 12.7 Å². The Kier molecular flexibility index (Phi) is 3.82. The van der Waals surface area contributed by atoms with Crippen molar-refractivity contribution in [1.29, 1.82) is 0 Å². The smallest absolute Gasteiger partial charge is 0.258 e. The Morgan fingerprint density at radius 1 is 1.16 bits per heavy atom. The lowest BCUT2D eigenvalue weighted by Crippen LogP contribution is -2.14. The van der Waals surface area contributed by atoms with E-state index in [9.17, 15) is 9.18 Å². The van der Waals surface area contributed by atoms with Gasteiger partial charge in [-0.2, -0.15) is 5.10 Å². The predicted octanol–water partition coefficient (Wildman–Crippen LogP) is 4.79. The summed E-state index contributed by atoms with van der Waals surface area (Å²) in [5.41, 5.74) is 2.07. The zero-order valence-electron chi connectivity index (χ0n) is 13.4. The van der Waals surface area contributed by atoms with Gasteiger partial charge < -0.3 is 5.32 Å². The van der Waals surface area contributed by atoms with Gasteiger partial charge >= 0.3 is 0 Å². The van der Waals surface area contributed by atoms with Gasteiger partial charge in [0.1, 0.15) is 11.6 Å². The van der Waals surface area contributed by atoms with E-state index in [1.54, 1.807) is 22.9 Å². The summed E-state index contributed by atoms with van der Waals surface area (Å²) in [7, 11) is 0. The fraction of sp³-hybridized carbons (Fsp3) is 0.0526. The molecule has 2 aromatic heterocycles. The van der Waals surface area contributed by atoms with E-state index in [2.05, 4.69) is 10.4 Å². The number of halogens is 1. The van der Waals surface area contributed by atoms with Gasteiger partial charge in [-0.15, -0.1) is 11.3 Å². The molecule has 4 rings (SSSR count). The summed E-state index contributed by atoms with van der Waals surface area (Å²) in [6.45, 7) is 1.84. The molecule has 0 spiro atoms. The van der Waals surface area contributed by atoms with Crippen molar-refractivity contribution in [2.75, 3.05) is 5.32 Å². The second-order valence-corrected chi connectivity index (χ2v) is 6.57. The number of rotatable bonds is 3. The lowest BCUT2D eigenvalue weighted by Gasteiger charge is -2.08. The van der Waals surface area contributed by atoms with Crippen molar-refractivity contribution in [2.24, 2.45) is 0 Å². The standard InChI is InChI=1S/C19H14FN3OS/c1-12-10-18(23(22-12)14-8-6-13(20)7-9-14)21-19(24)16-11-25-17-5-3-2-4-15(16)17/h2-11H,1H3,(H,21,24). The van der Waals surface area contributed by atoms with Crippen molar-refractivity contribution < 1.29 is 9.18 Å². The van der Waals surface area contributed by atoms with E-state index < -0.39 is 0 Å². The monoisotopic (exact) mass is 351 g/mol. The average Bonchev–Trinajstić information content (AvgIpc) is 3.19. The molecule has 0 atom stereocenters. The molecule has 0 bridgehead atoms. The quantitative estimate of drug-likeness (QED) is 0.577. The lowest BCUT2D eigenvalue weighted by molar-refractivity contribution is 0.102. The number of nitrogens with one attached hydrogen (secondary N) is 1. The summed E-state index contributed by atoms with van der Waals surface area (Å²) < 4.78 is 15.8. The molecule has 0 unspecified atom stereocenters. The number of thiophene rings is 1. The normalized spacial score (nSPS) is 11.0. The molecule has 2 heterocycles. The molecule has 0 aliphatic heterocycles. The number of fused-ring (bicyclic) bond motifs is 1. The van der Waals surface area contributed by atoms with E-state index in [4.69, 9.17) is 0 Å². The molecule has 2 aromatic carbocycles. The molecule has 4 aromatic rings. The molecule has 6 heteroatoms. The highest BCUT2D eigenvalue weighted by molar-refractivity contribution is 7.17. The van der Waals surface area contributed by atoms with Gasteiger partial charge in [0.2, 0.25) is 0 Å². The Balaban J connectivity index is 1.69. The van der Waals surface area contributed by atoms with Gasteiger partial charge in [-0.25, -0.2) is 9.07 Å². The molecule has 25 heavy (non-hydrogen) atoms. The number of hydrogen-bond acceptors (Lipinski definition) is 3. The Morgan fingerprint density at radius 2 is 1.92 bits per heavy atom. The third-order valence-corrected chi connectivity index (χ3v) is 4.83. The van der Waals surface area contributed by atoms with Gasteiger partial charge in [-0.3, -0.25) is 4.79 Å². The third-order valence-electron chi connectivity index (χ3n) is 3.87. The highest BCUT2D eigenvalue weighted by Gasteiger charge is 2.15. The Morgan fingerprint density at radius 3 is 2.72 bits per heavy atom. The van der Waals surface area contributed by atoms with Crippen molar-refractivity contribution in [3.63, 3.8) is 0 Å². The lowest BCUT2D eigenvalue weighted by atomic mass is 10.1. The van der Waals surface area contributed by atoms with Crippen LogP contribution in [0.3, 0.4) is 0 Å². The van der Waals surface area contributed by atoms with Crippen molar-refractivity contribution in [3.05, 3.63) is 77.1 Å². The summed E-state index contributed by atoms with van der Waals surface area (Å²) in [5.74, 6) is 0.0352. The van der Waals surface area contributed by atoms with Gasteiger partial charge in [0.05, 0.1) is 16.9 Å². The number of amides is 1. The van der Waals surface area contributed by atoms with E-state index in [0.29, 0.717) is 17.1 Å². The van der Waals surface area contributed by atoms with Crippen molar-refractivity contribution in [1.82, 2.24) is 9.78 Å². The summed E-state index contributed by atoms with van der Waals surface area (Å²) >= 11 is 1.54. The molecular weight excluding hydrogens is 337 g/mol. The van der Waals surface area contributed by atoms with Crippen molar-refractivity contribution >= 4 is 33.1 Å². The van der Waals surface area contributed by atoms with Gasteiger partial charge in [0.15, 0.2) is 0 Å². The molecule has 0 saturated heterocycles. The van der Waals surface area contributed by atoms with Crippen molar-refractivity contribution in [2.45, 2.75) is 6.92 Å². The number of hydrogen-bond donors (Lipinski definition) is 1. The van der Waals surface area contributed by atoms with E-state index >= 15 is 0 Å². The van der Waals surface area contributed by atoms with Crippen LogP contribution in [0.5, 0.6) is 0 Å². The average molecular weight is 351 g/mol. The van der Waals surface area contributed by atoms with Crippen LogP contribution in [0.25, 0.3) is 15.8 Å². The fourth-order valence-electron chi connectivity index (χ4n) is 2.70. The first-order chi connectivity index (χ1) is 12.1. The molecule has 1 N–H and O–H groups in total. The van der Waals surface area contributed by atoms with Gasteiger partial charge in [0.25, 0.3) is 5.91 Å². The maximum atomic E-state index is 13.2. The molecule has 0 aliphatic rings.